The normalized spacial score (nSPS) is 11.9. The molecule has 2 N–H and O–H groups in total. The van der Waals surface area contributed by atoms with Crippen LogP contribution in [-0.4, -0.2) is 17.4 Å². The lowest BCUT2D eigenvalue weighted by Crippen LogP contribution is -2.21. The average Bonchev–Trinajstić information content (AvgIpc) is 2.49. The van der Waals surface area contributed by atoms with Gasteiger partial charge < -0.3 is 10.6 Å². The fourth-order valence-electron chi connectivity index (χ4n) is 2.09. The van der Waals surface area contributed by atoms with Crippen LogP contribution in [0.4, 0.5) is 5.69 Å². The summed E-state index contributed by atoms with van der Waals surface area (Å²) in [6.07, 6.45) is 1.61. The van der Waals surface area contributed by atoms with Crippen molar-refractivity contribution in [1.29, 1.82) is 0 Å². The quantitative estimate of drug-likeness (QED) is 0.877. The first kappa shape index (κ1) is 14.2. The van der Waals surface area contributed by atoms with Crippen molar-refractivity contribution in [2.24, 2.45) is 0 Å². The summed E-state index contributed by atoms with van der Waals surface area (Å²) < 4.78 is 0. The molecule has 4 nitrogen and oxygen atoms in total. The van der Waals surface area contributed by atoms with Crippen LogP contribution in [0, 0.1) is 0 Å². The fraction of sp³-hybridized carbons (Fsp3) is 0.250. The lowest BCUT2D eigenvalue weighted by atomic mass is 10.1. The molecular weight excluding hydrogens is 250 g/mol. The van der Waals surface area contributed by atoms with Crippen LogP contribution >= 0.6 is 0 Å². The Bertz CT molecular complexity index is 569. The van der Waals surface area contributed by atoms with Gasteiger partial charge in [0.25, 0.3) is 5.91 Å². The van der Waals surface area contributed by atoms with Gasteiger partial charge >= 0.3 is 0 Å². The Kier molecular flexibility index (Phi) is 4.85. The molecule has 0 aliphatic rings. The van der Waals surface area contributed by atoms with Crippen LogP contribution in [0.25, 0.3) is 0 Å². The maximum atomic E-state index is 12.2. The van der Waals surface area contributed by atoms with E-state index in [0.717, 1.165) is 17.8 Å². The average molecular weight is 269 g/mol. The van der Waals surface area contributed by atoms with Crippen LogP contribution in [0.3, 0.4) is 0 Å². The van der Waals surface area contributed by atoms with E-state index in [4.69, 9.17) is 0 Å². The molecule has 1 amide bonds. The predicted octanol–water partition coefficient (Wildman–Crippen LogP) is 3.00. The number of carbonyl (C=O) groups is 1. The monoisotopic (exact) mass is 269 g/mol. The lowest BCUT2D eigenvalue weighted by Gasteiger charge is -2.17. The second kappa shape index (κ2) is 6.82. The Balaban J connectivity index is 2.19. The topological polar surface area (TPSA) is 54.0 Å². The number of benzene rings is 1. The summed E-state index contributed by atoms with van der Waals surface area (Å²) in [5, 5.41) is 6.27. The van der Waals surface area contributed by atoms with Crippen molar-refractivity contribution >= 4 is 11.6 Å². The van der Waals surface area contributed by atoms with Crippen molar-refractivity contribution in [2.45, 2.75) is 19.9 Å². The Morgan fingerprint density at radius 2 is 1.95 bits per heavy atom. The molecule has 0 fully saturated rings. The van der Waals surface area contributed by atoms with Crippen molar-refractivity contribution in [3.05, 3.63) is 59.9 Å². The predicted molar refractivity (Wildman–Crippen MR) is 80.7 cm³/mol. The van der Waals surface area contributed by atoms with E-state index in [-0.39, 0.29) is 11.9 Å². The molecule has 2 aromatic rings. The van der Waals surface area contributed by atoms with Gasteiger partial charge in [0, 0.05) is 17.9 Å². The molecule has 1 heterocycles. The van der Waals surface area contributed by atoms with Crippen LogP contribution in [0.5, 0.6) is 0 Å². The number of para-hydroxylation sites is 1. The first-order valence-electron chi connectivity index (χ1n) is 6.77. The van der Waals surface area contributed by atoms with E-state index < -0.39 is 0 Å². The molecule has 1 aromatic carbocycles. The third kappa shape index (κ3) is 3.42. The summed E-state index contributed by atoms with van der Waals surface area (Å²) in [4.78, 5) is 16.2. The molecule has 20 heavy (non-hydrogen) atoms. The summed E-state index contributed by atoms with van der Waals surface area (Å²) in [6.45, 7) is 5.02. The number of anilines is 1. The van der Waals surface area contributed by atoms with Crippen molar-refractivity contribution < 1.29 is 4.79 Å². The van der Waals surface area contributed by atoms with E-state index in [1.54, 1.807) is 24.4 Å². The zero-order chi connectivity index (χ0) is 14.4. The minimum Gasteiger partial charge on any atom is -0.320 e. The summed E-state index contributed by atoms with van der Waals surface area (Å²) >= 11 is 0. The van der Waals surface area contributed by atoms with Crippen LogP contribution in [0.15, 0.2) is 48.7 Å². The maximum Gasteiger partial charge on any atom is 0.274 e. The highest BCUT2D eigenvalue weighted by molar-refractivity contribution is 6.03. The smallest absolute Gasteiger partial charge is 0.274 e. The van der Waals surface area contributed by atoms with Gasteiger partial charge in [-0.05, 0) is 37.2 Å². The van der Waals surface area contributed by atoms with Gasteiger partial charge in [-0.1, -0.05) is 31.2 Å². The molecule has 1 atom stereocenters. The zero-order valence-corrected chi connectivity index (χ0v) is 11.8. The number of hydrogen-bond donors (Lipinski definition) is 2. The van der Waals surface area contributed by atoms with E-state index >= 15 is 0 Å². The SMILES string of the molecule is CCNC(C)c1ccccc1NC(=O)c1ccccn1. The molecule has 1 aromatic heterocycles. The molecule has 0 saturated carbocycles. The van der Waals surface area contributed by atoms with Gasteiger partial charge in [0.2, 0.25) is 0 Å². The molecule has 0 aliphatic heterocycles. The van der Waals surface area contributed by atoms with Gasteiger partial charge in [0.15, 0.2) is 0 Å². The van der Waals surface area contributed by atoms with Crippen molar-refractivity contribution in [3.8, 4) is 0 Å². The van der Waals surface area contributed by atoms with E-state index in [1.807, 2.05) is 24.3 Å². The number of amides is 1. The number of pyridine rings is 1. The minimum atomic E-state index is -0.193. The Labute approximate surface area is 119 Å². The fourth-order valence-corrected chi connectivity index (χ4v) is 2.09. The van der Waals surface area contributed by atoms with Gasteiger partial charge in [0.1, 0.15) is 5.69 Å². The molecule has 0 radical (unpaired) electrons. The number of aromatic nitrogens is 1. The maximum absolute atomic E-state index is 12.2. The number of nitrogens with one attached hydrogen (secondary N) is 2. The third-order valence-electron chi connectivity index (χ3n) is 3.08. The molecular formula is C16H19N3O. The Morgan fingerprint density at radius 1 is 1.20 bits per heavy atom. The van der Waals surface area contributed by atoms with E-state index in [2.05, 4.69) is 29.5 Å². The number of nitrogens with zero attached hydrogens (tertiary/aromatic N) is 1. The van der Waals surface area contributed by atoms with E-state index in [9.17, 15) is 4.79 Å². The molecule has 2 rings (SSSR count). The molecule has 0 aliphatic carbocycles. The van der Waals surface area contributed by atoms with Gasteiger partial charge in [0.05, 0.1) is 0 Å². The van der Waals surface area contributed by atoms with Crippen LogP contribution in [0.2, 0.25) is 0 Å². The standard InChI is InChI=1S/C16H19N3O/c1-3-17-12(2)13-8-4-5-9-14(13)19-16(20)15-10-6-7-11-18-15/h4-12,17H,3H2,1-2H3,(H,19,20). The Hall–Kier alpha value is -2.20. The van der Waals surface area contributed by atoms with Gasteiger partial charge in [-0.2, -0.15) is 0 Å². The highest BCUT2D eigenvalue weighted by Crippen LogP contribution is 2.22. The van der Waals surface area contributed by atoms with Crippen molar-refractivity contribution in [1.82, 2.24) is 10.3 Å². The van der Waals surface area contributed by atoms with E-state index in [1.165, 1.54) is 0 Å². The first-order chi connectivity index (χ1) is 9.72. The first-order valence-corrected chi connectivity index (χ1v) is 6.77. The second-order valence-electron chi connectivity index (χ2n) is 4.54. The molecule has 1 unspecified atom stereocenters. The van der Waals surface area contributed by atoms with Crippen molar-refractivity contribution in [2.75, 3.05) is 11.9 Å². The van der Waals surface area contributed by atoms with Crippen LogP contribution < -0.4 is 10.6 Å². The largest absolute Gasteiger partial charge is 0.320 e. The van der Waals surface area contributed by atoms with Gasteiger partial charge in [-0.15, -0.1) is 0 Å². The lowest BCUT2D eigenvalue weighted by molar-refractivity contribution is 0.102. The summed E-state index contributed by atoms with van der Waals surface area (Å²) in [5.41, 5.74) is 2.30. The number of rotatable bonds is 5. The zero-order valence-electron chi connectivity index (χ0n) is 11.8. The highest BCUT2D eigenvalue weighted by Gasteiger charge is 2.12. The molecule has 4 heteroatoms. The molecule has 0 spiro atoms. The number of carbonyl (C=O) groups excluding carboxylic acids is 1. The summed E-state index contributed by atoms with van der Waals surface area (Å²) in [6, 6.07) is 13.3. The van der Waals surface area contributed by atoms with Crippen LogP contribution in [0.1, 0.15) is 35.9 Å². The van der Waals surface area contributed by atoms with Crippen LogP contribution in [-0.2, 0) is 0 Å². The Morgan fingerprint density at radius 3 is 2.65 bits per heavy atom. The third-order valence-corrected chi connectivity index (χ3v) is 3.08. The molecule has 0 bridgehead atoms. The summed E-state index contributed by atoms with van der Waals surface area (Å²) in [5.74, 6) is -0.193. The highest BCUT2D eigenvalue weighted by atomic mass is 16.1. The molecule has 0 saturated heterocycles. The molecule has 104 valence electrons. The second-order valence-corrected chi connectivity index (χ2v) is 4.54. The van der Waals surface area contributed by atoms with Gasteiger partial charge in [-0.25, -0.2) is 0 Å². The van der Waals surface area contributed by atoms with Crippen molar-refractivity contribution in [3.63, 3.8) is 0 Å². The minimum absolute atomic E-state index is 0.181. The number of hydrogen-bond acceptors (Lipinski definition) is 3. The van der Waals surface area contributed by atoms with Gasteiger partial charge in [-0.3, -0.25) is 9.78 Å². The summed E-state index contributed by atoms with van der Waals surface area (Å²) in [7, 11) is 0. The van der Waals surface area contributed by atoms with E-state index in [0.29, 0.717) is 5.69 Å².